The summed E-state index contributed by atoms with van der Waals surface area (Å²) in [5, 5.41) is 16.8. The Bertz CT molecular complexity index is 1620. The van der Waals surface area contributed by atoms with Gasteiger partial charge in [-0.05, 0) is 47.7 Å². The Labute approximate surface area is 198 Å². The zero-order valence-corrected chi connectivity index (χ0v) is 19.7. The summed E-state index contributed by atoms with van der Waals surface area (Å²) in [4.78, 5) is 16.7. The fourth-order valence-corrected chi connectivity index (χ4v) is 5.61. The van der Waals surface area contributed by atoms with Gasteiger partial charge in [-0.1, -0.05) is 25.1 Å². The number of hydrogen-bond acceptors (Lipinski definition) is 8. The van der Waals surface area contributed by atoms with E-state index >= 15 is 0 Å². The van der Waals surface area contributed by atoms with Crippen molar-refractivity contribution in [2.75, 3.05) is 0 Å². The molecule has 5 aromatic rings. The minimum atomic E-state index is -4.07. The van der Waals surface area contributed by atoms with E-state index in [0.29, 0.717) is 28.3 Å². The van der Waals surface area contributed by atoms with Gasteiger partial charge < -0.3 is 14.0 Å². The standard InChI is InChI=1S/C23H19N3O6S2/c1-12(2)20(23(27)28)26-34(29,30)14-6-7-15-16-10-13(5-8-17(16)31-18(15)11-14)21-24-22(32-25-21)19-4-3-9-33-19/h3-12,20,26H,1-2H3,(H,27,28)/t20-/m0/s1. The Morgan fingerprint density at radius 3 is 2.62 bits per heavy atom. The molecule has 2 N–H and O–H groups in total. The van der Waals surface area contributed by atoms with Gasteiger partial charge in [0.05, 0.1) is 9.77 Å². The molecule has 0 unspecified atom stereocenters. The van der Waals surface area contributed by atoms with E-state index in [-0.39, 0.29) is 4.90 Å². The highest BCUT2D eigenvalue weighted by Gasteiger charge is 2.28. The first kappa shape index (κ1) is 22.3. The SMILES string of the molecule is CC(C)[C@H](NS(=O)(=O)c1ccc2c(c1)oc1ccc(-c3noc(-c4cccs4)n3)cc12)C(=O)O. The molecule has 0 aliphatic heterocycles. The molecule has 0 bridgehead atoms. The average molecular weight is 498 g/mol. The monoisotopic (exact) mass is 497 g/mol. The maximum atomic E-state index is 12.8. The molecular formula is C23H19N3O6S2. The van der Waals surface area contributed by atoms with E-state index in [1.54, 1.807) is 32.0 Å². The van der Waals surface area contributed by atoms with Crippen molar-refractivity contribution in [2.45, 2.75) is 24.8 Å². The average Bonchev–Trinajstić information content (AvgIpc) is 3.55. The number of furan rings is 1. The van der Waals surface area contributed by atoms with E-state index in [9.17, 15) is 18.3 Å². The zero-order valence-electron chi connectivity index (χ0n) is 18.1. The molecule has 0 radical (unpaired) electrons. The molecule has 0 spiro atoms. The van der Waals surface area contributed by atoms with Crippen LogP contribution in [0.2, 0.25) is 0 Å². The first-order valence-corrected chi connectivity index (χ1v) is 12.7. The van der Waals surface area contributed by atoms with E-state index < -0.39 is 28.0 Å². The molecule has 5 rings (SSSR count). The molecule has 174 valence electrons. The van der Waals surface area contributed by atoms with Crippen LogP contribution in [0.1, 0.15) is 13.8 Å². The molecule has 1 atom stereocenters. The molecule has 2 aromatic carbocycles. The number of fused-ring (bicyclic) bond motifs is 3. The number of carboxylic acid groups (broad SMARTS) is 1. The second-order valence-electron chi connectivity index (χ2n) is 8.05. The van der Waals surface area contributed by atoms with Crippen molar-refractivity contribution in [3.63, 3.8) is 0 Å². The Morgan fingerprint density at radius 2 is 1.91 bits per heavy atom. The zero-order chi connectivity index (χ0) is 24.0. The normalized spacial score (nSPS) is 13.1. The predicted molar refractivity (Wildman–Crippen MR) is 127 cm³/mol. The van der Waals surface area contributed by atoms with Crippen molar-refractivity contribution < 1.29 is 27.3 Å². The van der Waals surface area contributed by atoms with Crippen LogP contribution in [0.4, 0.5) is 0 Å². The number of sulfonamides is 1. The maximum absolute atomic E-state index is 12.8. The minimum Gasteiger partial charge on any atom is -0.480 e. The predicted octanol–water partition coefficient (Wildman–Crippen LogP) is 4.75. The van der Waals surface area contributed by atoms with Gasteiger partial charge in [0.15, 0.2) is 0 Å². The van der Waals surface area contributed by atoms with Gasteiger partial charge >= 0.3 is 5.97 Å². The van der Waals surface area contributed by atoms with Crippen LogP contribution in [0.15, 0.2) is 67.7 Å². The smallest absolute Gasteiger partial charge is 0.322 e. The number of carboxylic acids is 1. The van der Waals surface area contributed by atoms with Gasteiger partial charge in [0, 0.05) is 22.4 Å². The molecule has 0 aliphatic carbocycles. The number of carbonyl (C=O) groups is 1. The summed E-state index contributed by atoms with van der Waals surface area (Å²) in [5.74, 6) is -0.798. The molecule has 0 saturated heterocycles. The van der Waals surface area contributed by atoms with Gasteiger partial charge in [0.1, 0.15) is 17.2 Å². The molecule has 0 saturated carbocycles. The Balaban J connectivity index is 1.51. The molecule has 0 amide bonds. The molecule has 34 heavy (non-hydrogen) atoms. The summed E-state index contributed by atoms with van der Waals surface area (Å²) in [6.07, 6.45) is 0. The van der Waals surface area contributed by atoms with Crippen molar-refractivity contribution in [1.82, 2.24) is 14.9 Å². The van der Waals surface area contributed by atoms with Gasteiger partial charge in [-0.25, -0.2) is 8.42 Å². The van der Waals surface area contributed by atoms with Crippen LogP contribution < -0.4 is 4.72 Å². The Kier molecular flexibility index (Phi) is 5.47. The third-order valence-electron chi connectivity index (χ3n) is 5.38. The molecule has 0 fully saturated rings. The van der Waals surface area contributed by atoms with E-state index in [2.05, 4.69) is 14.9 Å². The highest BCUT2D eigenvalue weighted by Crippen LogP contribution is 2.34. The van der Waals surface area contributed by atoms with Crippen LogP contribution >= 0.6 is 11.3 Å². The van der Waals surface area contributed by atoms with Crippen molar-refractivity contribution in [3.8, 4) is 22.2 Å². The largest absolute Gasteiger partial charge is 0.480 e. The van der Waals surface area contributed by atoms with Gasteiger partial charge in [-0.15, -0.1) is 11.3 Å². The number of nitrogens with zero attached hydrogens (tertiary/aromatic N) is 2. The van der Waals surface area contributed by atoms with Gasteiger partial charge in [0.2, 0.25) is 15.8 Å². The van der Waals surface area contributed by atoms with Crippen molar-refractivity contribution in [3.05, 3.63) is 53.9 Å². The lowest BCUT2D eigenvalue weighted by molar-refractivity contribution is -0.140. The summed E-state index contributed by atoms with van der Waals surface area (Å²) < 4.78 is 39.1. The summed E-state index contributed by atoms with van der Waals surface area (Å²) in [7, 11) is -4.07. The third-order valence-corrected chi connectivity index (χ3v) is 7.68. The molecule has 0 aliphatic rings. The van der Waals surface area contributed by atoms with Crippen LogP contribution in [0, 0.1) is 5.92 Å². The minimum absolute atomic E-state index is 0.0788. The van der Waals surface area contributed by atoms with Crippen LogP contribution in [0.3, 0.4) is 0 Å². The number of thiophene rings is 1. The van der Waals surface area contributed by atoms with Crippen molar-refractivity contribution >= 4 is 49.3 Å². The molecule has 3 aromatic heterocycles. The molecule has 9 nitrogen and oxygen atoms in total. The lowest BCUT2D eigenvalue weighted by atomic mass is 10.1. The quantitative estimate of drug-likeness (QED) is 0.329. The van der Waals surface area contributed by atoms with Crippen LogP contribution in [-0.4, -0.2) is 35.7 Å². The summed E-state index contributed by atoms with van der Waals surface area (Å²) in [5.41, 5.74) is 1.65. The van der Waals surface area contributed by atoms with Crippen LogP contribution in [0.5, 0.6) is 0 Å². The van der Waals surface area contributed by atoms with Crippen LogP contribution in [-0.2, 0) is 14.8 Å². The number of benzene rings is 2. The Hall–Kier alpha value is -3.54. The van der Waals surface area contributed by atoms with Crippen molar-refractivity contribution in [1.29, 1.82) is 0 Å². The fourth-order valence-electron chi connectivity index (χ4n) is 3.61. The lowest BCUT2D eigenvalue weighted by Gasteiger charge is -2.17. The van der Waals surface area contributed by atoms with Gasteiger partial charge in [-0.3, -0.25) is 4.79 Å². The maximum Gasteiger partial charge on any atom is 0.322 e. The second kappa shape index (κ2) is 8.35. The molecule has 3 heterocycles. The van der Waals surface area contributed by atoms with E-state index in [1.807, 2.05) is 23.6 Å². The number of rotatable bonds is 7. The van der Waals surface area contributed by atoms with E-state index in [4.69, 9.17) is 8.94 Å². The second-order valence-corrected chi connectivity index (χ2v) is 10.7. The van der Waals surface area contributed by atoms with Crippen molar-refractivity contribution in [2.24, 2.45) is 5.92 Å². The van der Waals surface area contributed by atoms with Gasteiger partial charge in [0.25, 0.3) is 5.89 Å². The lowest BCUT2D eigenvalue weighted by Crippen LogP contribution is -2.44. The summed E-state index contributed by atoms with van der Waals surface area (Å²) in [6.45, 7) is 3.27. The number of hydrogen-bond donors (Lipinski definition) is 2. The third kappa shape index (κ3) is 3.98. The van der Waals surface area contributed by atoms with E-state index in [0.717, 1.165) is 15.8 Å². The fraction of sp³-hybridized carbons (Fsp3) is 0.174. The first-order chi connectivity index (χ1) is 16.2. The summed E-state index contributed by atoms with van der Waals surface area (Å²) >= 11 is 1.50. The molecular weight excluding hydrogens is 478 g/mol. The highest BCUT2D eigenvalue weighted by molar-refractivity contribution is 7.89. The Morgan fingerprint density at radius 1 is 1.09 bits per heavy atom. The first-order valence-electron chi connectivity index (χ1n) is 10.3. The molecule has 11 heteroatoms. The number of aromatic nitrogens is 2. The topological polar surface area (TPSA) is 136 Å². The van der Waals surface area contributed by atoms with Gasteiger partial charge in [-0.2, -0.15) is 9.71 Å². The van der Waals surface area contributed by atoms with Crippen LogP contribution in [0.25, 0.3) is 44.1 Å². The number of aliphatic carboxylic acids is 1. The number of nitrogens with one attached hydrogen (secondary N) is 1. The van der Waals surface area contributed by atoms with E-state index in [1.165, 1.54) is 23.5 Å². The summed E-state index contributed by atoms with van der Waals surface area (Å²) in [6, 6.07) is 12.4. The highest BCUT2D eigenvalue weighted by atomic mass is 32.2.